The molecule has 0 bridgehead atoms. The highest BCUT2D eigenvalue weighted by Crippen LogP contribution is 2.32. The lowest BCUT2D eigenvalue weighted by Crippen LogP contribution is -2.45. The molecule has 8 nitrogen and oxygen atoms in total. The van der Waals surface area contributed by atoms with Gasteiger partial charge in [-0.3, -0.25) is 9.48 Å². The number of nitrogens with one attached hydrogen (secondary N) is 1. The fourth-order valence-electron chi connectivity index (χ4n) is 4.50. The number of hydrogen-bond donors (Lipinski definition) is 2. The van der Waals surface area contributed by atoms with Crippen molar-refractivity contribution in [2.24, 2.45) is 0 Å². The Kier molecular flexibility index (Phi) is 7.71. The van der Waals surface area contributed by atoms with E-state index in [2.05, 4.69) is 48.5 Å². The third-order valence-corrected chi connectivity index (χ3v) is 6.85. The molecule has 2 heterocycles. The van der Waals surface area contributed by atoms with Gasteiger partial charge in [-0.05, 0) is 22.1 Å². The zero-order valence-corrected chi connectivity index (χ0v) is 23.0. The van der Waals surface area contributed by atoms with Crippen molar-refractivity contribution in [3.05, 3.63) is 119 Å². The summed E-state index contributed by atoms with van der Waals surface area (Å²) in [6, 6.07) is 27.4. The molecule has 1 amide bonds. The van der Waals surface area contributed by atoms with Crippen molar-refractivity contribution in [3.63, 3.8) is 0 Å². The fraction of sp³-hybridized carbons (Fsp3) is 0.281. The van der Waals surface area contributed by atoms with Gasteiger partial charge in [-0.1, -0.05) is 111 Å². The molecule has 1 aliphatic heterocycles. The van der Waals surface area contributed by atoms with Crippen molar-refractivity contribution in [2.45, 2.75) is 58.1 Å². The smallest absolute Gasteiger partial charge is 0.292 e. The van der Waals surface area contributed by atoms with E-state index in [9.17, 15) is 9.90 Å². The van der Waals surface area contributed by atoms with Gasteiger partial charge in [-0.2, -0.15) is 0 Å². The van der Waals surface area contributed by atoms with Crippen molar-refractivity contribution in [2.75, 3.05) is 0 Å². The molecule has 1 aromatic heterocycles. The number of carbonyl (C=O) groups excluding carboxylic acids is 1. The molecule has 3 aromatic carbocycles. The fourth-order valence-corrected chi connectivity index (χ4v) is 4.50. The normalized spacial score (nSPS) is 17.1. The zero-order valence-electron chi connectivity index (χ0n) is 23.0. The van der Waals surface area contributed by atoms with Crippen LogP contribution in [0.25, 0.3) is 11.3 Å². The van der Waals surface area contributed by atoms with E-state index in [4.69, 9.17) is 9.47 Å². The van der Waals surface area contributed by atoms with Gasteiger partial charge in [0.2, 0.25) is 11.5 Å². The predicted molar refractivity (Wildman–Crippen MR) is 151 cm³/mol. The summed E-state index contributed by atoms with van der Waals surface area (Å²) < 4.78 is 13.6. The Morgan fingerprint density at radius 2 is 1.48 bits per heavy atom. The highest BCUT2D eigenvalue weighted by atomic mass is 16.5. The average molecular weight is 539 g/mol. The molecule has 0 radical (unpaired) electrons. The molecule has 5 rings (SSSR count). The maximum absolute atomic E-state index is 13.0. The van der Waals surface area contributed by atoms with Crippen molar-refractivity contribution in [3.8, 4) is 11.3 Å². The average Bonchev–Trinajstić information content (AvgIpc) is 3.52. The molecule has 0 fully saturated rings. The second kappa shape index (κ2) is 11.4. The highest BCUT2D eigenvalue weighted by Gasteiger charge is 2.47. The summed E-state index contributed by atoms with van der Waals surface area (Å²) in [5.41, 5.74) is 3.01. The summed E-state index contributed by atoms with van der Waals surface area (Å²) >= 11 is 0. The molecule has 1 unspecified atom stereocenters. The molecule has 0 saturated carbocycles. The molecule has 2 N–H and O–H groups in total. The van der Waals surface area contributed by atoms with Gasteiger partial charge in [-0.15, -0.1) is 5.10 Å². The molecular formula is C32H34N4O4. The molecule has 1 atom stereocenters. The Morgan fingerprint density at radius 1 is 0.875 bits per heavy atom. The Balaban J connectivity index is 1.33. The highest BCUT2D eigenvalue weighted by molar-refractivity contribution is 5.95. The Bertz CT molecular complexity index is 1470. The second-order valence-electron chi connectivity index (χ2n) is 11.0. The summed E-state index contributed by atoms with van der Waals surface area (Å²) in [6.45, 7) is 7.15. The van der Waals surface area contributed by atoms with Crippen molar-refractivity contribution in [1.29, 1.82) is 0 Å². The number of carbonyl (C=O) groups is 1. The van der Waals surface area contributed by atoms with E-state index in [0.717, 1.165) is 22.4 Å². The summed E-state index contributed by atoms with van der Waals surface area (Å²) in [6.07, 6.45) is 1.93. The number of hydrogen-bond acceptors (Lipinski definition) is 6. The Morgan fingerprint density at radius 3 is 2.08 bits per heavy atom. The third kappa shape index (κ3) is 6.24. The molecule has 0 aliphatic carbocycles. The molecule has 40 heavy (non-hydrogen) atoms. The van der Waals surface area contributed by atoms with E-state index in [1.165, 1.54) is 5.56 Å². The lowest BCUT2D eigenvalue weighted by molar-refractivity contribution is -0.124. The Hall–Kier alpha value is -4.43. The maximum Gasteiger partial charge on any atom is 0.292 e. The van der Waals surface area contributed by atoms with E-state index in [1.807, 2.05) is 79.0 Å². The van der Waals surface area contributed by atoms with Crippen LogP contribution in [0.1, 0.15) is 43.9 Å². The third-order valence-electron chi connectivity index (χ3n) is 6.85. The molecule has 0 spiro atoms. The predicted octanol–water partition coefficient (Wildman–Crippen LogP) is 5.10. The van der Waals surface area contributed by atoms with Gasteiger partial charge in [0.1, 0.15) is 18.9 Å². The summed E-state index contributed by atoms with van der Waals surface area (Å²) in [4.78, 5) is 13.0. The van der Waals surface area contributed by atoms with Gasteiger partial charge in [0.15, 0.2) is 5.76 Å². The minimum absolute atomic E-state index is 0.0273. The van der Waals surface area contributed by atoms with Gasteiger partial charge >= 0.3 is 0 Å². The lowest BCUT2D eigenvalue weighted by atomic mass is 9.86. The van der Waals surface area contributed by atoms with Crippen LogP contribution in [-0.2, 0) is 39.4 Å². The number of ether oxygens (including phenoxy) is 2. The largest absolute Gasteiger partial charge is 0.484 e. The zero-order chi connectivity index (χ0) is 28.2. The second-order valence-corrected chi connectivity index (χ2v) is 11.0. The number of nitrogens with zero attached hydrogens (tertiary/aromatic N) is 3. The van der Waals surface area contributed by atoms with Crippen molar-refractivity contribution < 1.29 is 19.4 Å². The van der Waals surface area contributed by atoms with Gasteiger partial charge < -0.3 is 19.9 Å². The number of aliphatic hydroxyl groups is 1. The van der Waals surface area contributed by atoms with E-state index in [1.54, 1.807) is 4.68 Å². The quantitative estimate of drug-likeness (QED) is 0.292. The minimum atomic E-state index is -1.77. The van der Waals surface area contributed by atoms with E-state index >= 15 is 0 Å². The van der Waals surface area contributed by atoms with Crippen LogP contribution in [0.3, 0.4) is 0 Å². The summed E-state index contributed by atoms with van der Waals surface area (Å²) in [5, 5.41) is 22.8. The van der Waals surface area contributed by atoms with Gasteiger partial charge in [-0.25, -0.2) is 0 Å². The SMILES string of the molecule is CC(C)(C)c1ccc(-c2cn(CCC3(O)NC(=O)C(OCc4ccccc4)=C3OCc3ccccc3)nn2)cc1. The Labute approximate surface area is 234 Å². The van der Waals surface area contributed by atoms with Crippen LogP contribution >= 0.6 is 0 Å². The lowest BCUT2D eigenvalue weighted by Gasteiger charge is -2.25. The van der Waals surface area contributed by atoms with E-state index in [-0.39, 0.29) is 43.1 Å². The number of aryl methyl sites for hydroxylation is 1. The van der Waals surface area contributed by atoms with E-state index < -0.39 is 11.6 Å². The van der Waals surface area contributed by atoms with Crippen LogP contribution < -0.4 is 5.32 Å². The first-order chi connectivity index (χ1) is 19.2. The topological polar surface area (TPSA) is 98.5 Å². The van der Waals surface area contributed by atoms with Gasteiger partial charge in [0.05, 0.1) is 6.20 Å². The number of benzene rings is 3. The maximum atomic E-state index is 13.0. The molecule has 0 saturated heterocycles. The molecular weight excluding hydrogens is 504 g/mol. The van der Waals surface area contributed by atoms with Crippen LogP contribution in [0, 0.1) is 0 Å². The summed E-state index contributed by atoms with van der Waals surface area (Å²) in [7, 11) is 0. The minimum Gasteiger partial charge on any atom is -0.484 e. The van der Waals surface area contributed by atoms with Crippen LogP contribution in [0.4, 0.5) is 0 Å². The first-order valence-corrected chi connectivity index (χ1v) is 13.4. The van der Waals surface area contributed by atoms with E-state index in [0.29, 0.717) is 0 Å². The van der Waals surface area contributed by atoms with Crippen LogP contribution in [0.2, 0.25) is 0 Å². The van der Waals surface area contributed by atoms with Crippen molar-refractivity contribution >= 4 is 5.91 Å². The standard InChI is InChI=1S/C32H34N4O4/c1-31(2,3)26-16-14-25(15-17-26)27-20-36(35-34-27)19-18-32(38)29(40-22-24-12-8-5-9-13-24)28(30(37)33-32)39-21-23-10-6-4-7-11-23/h4-17,20,38H,18-19,21-22H2,1-3H3,(H,33,37). The van der Waals surface area contributed by atoms with Crippen LogP contribution in [0.15, 0.2) is 103 Å². The monoisotopic (exact) mass is 538 g/mol. The molecule has 8 heteroatoms. The van der Waals surface area contributed by atoms with Crippen LogP contribution in [-0.4, -0.2) is 31.7 Å². The van der Waals surface area contributed by atoms with Gasteiger partial charge in [0, 0.05) is 18.5 Å². The number of rotatable bonds is 10. The van der Waals surface area contributed by atoms with Crippen molar-refractivity contribution in [1.82, 2.24) is 20.3 Å². The summed E-state index contributed by atoms with van der Waals surface area (Å²) in [5.74, 6) is -0.490. The van der Waals surface area contributed by atoms with Gasteiger partial charge in [0.25, 0.3) is 5.91 Å². The number of amides is 1. The number of aromatic nitrogens is 3. The first-order valence-electron chi connectivity index (χ1n) is 13.4. The van der Waals surface area contributed by atoms with Crippen LogP contribution in [0.5, 0.6) is 0 Å². The molecule has 206 valence electrons. The molecule has 4 aromatic rings. The molecule has 1 aliphatic rings. The first kappa shape index (κ1) is 27.1.